The maximum atomic E-state index is 6.48. The normalized spacial score (nSPS) is 22.2. The van der Waals surface area contributed by atoms with Crippen molar-refractivity contribution in [2.45, 2.75) is 53.2 Å². The van der Waals surface area contributed by atoms with E-state index in [1.54, 1.807) is 0 Å². The molecule has 1 fully saturated rings. The molecule has 2 heterocycles. The molecule has 174 valence electrons. The lowest BCUT2D eigenvalue weighted by Gasteiger charge is -2.42. The fourth-order valence-electron chi connectivity index (χ4n) is 5.28. The molecule has 5 heteroatoms. The van der Waals surface area contributed by atoms with E-state index in [1.165, 1.54) is 22.3 Å². The first kappa shape index (κ1) is 23.4. The number of nitrogens with one attached hydrogen (secondary N) is 1. The summed E-state index contributed by atoms with van der Waals surface area (Å²) in [4.78, 5) is 2.55. The molecule has 2 aliphatic heterocycles. The van der Waals surface area contributed by atoms with E-state index in [9.17, 15) is 0 Å². The first-order valence-electron chi connectivity index (χ1n) is 11.8. The van der Waals surface area contributed by atoms with Crippen LogP contribution in [0.15, 0.2) is 30.3 Å². The fourth-order valence-corrected chi connectivity index (χ4v) is 5.59. The van der Waals surface area contributed by atoms with Gasteiger partial charge in [0.25, 0.3) is 0 Å². The van der Waals surface area contributed by atoms with Crippen molar-refractivity contribution in [3.05, 3.63) is 58.1 Å². The molecule has 0 bridgehead atoms. The van der Waals surface area contributed by atoms with Gasteiger partial charge in [-0.1, -0.05) is 37.3 Å². The summed E-state index contributed by atoms with van der Waals surface area (Å²) in [6.45, 7) is 14.4. The third-order valence-electron chi connectivity index (χ3n) is 7.28. The zero-order valence-corrected chi connectivity index (χ0v) is 20.7. The zero-order valence-electron chi connectivity index (χ0n) is 20.0. The van der Waals surface area contributed by atoms with Crippen molar-refractivity contribution >= 4 is 11.6 Å². The van der Waals surface area contributed by atoms with Gasteiger partial charge in [0.05, 0.1) is 6.61 Å². The molecule has 2 aromatic carbocycles. The van der Waals surface area contributed by atoms with E-state index in [-0.39, 0.29) is 5.41 Å². The highest BCUT2D eigenvalue weighted by atomic mass is 35.5. The van der Waals surface area contributed by atoms with Gasteiger partial charge < -0.3 is 14.8 Å². The Kier molecular flexibility index (Phi) is 7.34. The smallest absolute Gasteiger partial charge is 0.129 e. The molecule has 0 amide bonds. The minimum Gasteiger partial charge on any atom is -0.492 e. The van der Waals surface area contributed by atoms with E-state index in [1.807, 2.05) is 6.07 Å². The minimum absolute atomic E-state index is 0.0769. The number of benzene rings is 2. The third kappa shape index (κ3) is 4.93. The molecular weight excluding hydrogens is 420 g/mol. The van der Waals surface area contributed by atoms with Crippen LogP contribution in [-0.2, 0) is 13.0 Å². The molecule has 1 saturated heterocycles. The Balaban J connectivity index is 1.53. The van der Waals surface area contributed by atoms with Gasteiger partial charge in [0.1, 0.15) is 18.1 Å². The van der Waals surface area contributed by atoms with Gasteiger partial charge in [-0.3, -0.25) is 4.90 Å². The largest absolute Gasteiger partial charge is 0.492 e. The van der Waals surface area contributed by atoms with E-state index in [0.29, 0.717) is 18.5 Å². The number of halogens is 1. The van der Waals surface area contributed by atoms with Crippen LogP contribution < -0.4 is 14.8 Å². The van der Waals surface area contributed by atoms with Gasteiger partial charge in [-0.15, -0.1) is 11.6 Å². The van der Waals surface area contributed by atoms with Gasteiger partial charge in [-0.2, -0.15) is 0 Å². The van der Waals surface area contributed by atoms with E-state index >= 15 is 0 Å². The van der Waals surface area contributed by atoms with Crippen LogP contribution in [0.3, 0.4) is 0 Å². The zero-order chi connectivity index (χ0) is 22.7. The molecule has 0 aromatic heterocycles. The number of piperazine rings is 1. The van der Waals surface area contributed by atoms with Gasteiger partial charge in [-0.25, -0.2) is 0 Å². The van der Waals surface area contributed by atoms with Crippen molar-refractivity contribution < 1.29 is 9.47 Å². The third-order valence-corrected chi connectivity index (χ3v) is 7.64. The van der Waals surface area contributed by atoms with Crippen LogP contribution in [0.5, 0.6) is 11.5 Å². The van der Waals surface area contributed by atoms with E-state index in [4.69, 9.17) is 21.1 Å². The van der Waals surface area contributed by atoms with Crippen LogP contribution in [0.4, 0.5) is 0 Å². The van der Waals surface area contributed by atoms with Crippen molar-refractivity contribution in [3.63, 3.8) is 0 Å². The SMILES string of the molecule is Cc1c(C)c(OCc2ccccc2)c(C)c2c1CC(C)(CC(CCl)N1CCNCC1)CO2. The summed E-state index contributed by atoms with van der Waals surface area (Å²) >= 11 is 6.45. The van der Waals surface area contributed by atoms with Crippen LogP contribution in [0.1, 0.15) is 41.2 Å². The highest BCUT2D eigenvalue weighted by Gasteiger charge is 2.38. The van der Waals surface area contributed by atoms with Crippen LogP contribution >= 0.6 is 11.6 Å². The highest BCUT2D eigenvalue weighted by molar-refractivity contribution is 6.18. The van der Waals surface area contributed by atoms with Gasteiger partial charge in [0, 0.05) is 49.1 Å². The number of alkyl halides is 1. The summed E-state index contributed by atoms with van der Waals surface area (Å²) in [6, 6.07) is 10.7. The number of nitrogens with zero attached hydrogens (tertiary/aromatic N) is 1. The van der Waals surface area contributed by atoms with Crippen LogP contribution in [-0.4, -0.2) is 49.6 Å². The molecule has 1 N–H and O–H groups in total. The molecule has 4 rings (SSSR count). The fraction of sp³-hybridized carbons (Fsp3) is 0.556. The molecule has 4 nitrogen and oxygen atoms in total. The first-order valence-corrected chi connectivity index (χ1v) is 12.4. The molecule has 32 heavy (non-hydrogen) atoms. The van der Waals surface area contributed by atoms with E-state index in [2.05, 4.69) is 62.2 Å². The molecular formula is C27H37ClN2O2. The predicted octanol–water partition coefficient (Wildman–Crippen LogP) is 5.03. The summed E-state index contributed by atoms with van der Waals surface area (Å²) in [6.07, 6.45) is 2.08. The summed E-state index contributed by atoms with van der Waals surface area (Å²) in [7, 11) is 0. The molecule has 2 aromatic rings. The van der Waals surface area contributed by atoms with Crippen LogP contribution in [0, 0.1) is 26.2 Å². The highest BCUT2D eigenvalue weighted by Crippen LogP contribution is 2.46. The maximum Gasteiger partial charge on any atom is 0.129 e. The Morgan fingerprint density at radius 3 is 2.50 bits per heavy atom. The number of ether oxygens (including phenoxy) is 2. The Morgan fingerprint density at radius 1 is 1.09 bits per heavy atom. The molecule has 0 aliphatic carbocycles. The molecule has 2 atom stereocenters. The molecule has 0 saturated carbocycles. The second-order valence-corrected chi connectivity index (χ2v) is 10.2. The van der Waals surface area contributed by atoms with Gasteiger partial charge in [-0.05, 0) is 55.9 Å². The lowest BCUT2D eigenvalue weighted by molar-refractivity contribution is 0.0780. The second-order valence-electron chi connectivity index (χ2n) is 9.86. The van der Waals surface area contributed by atoms with E-state index in [0.717, 1.165) is 62.7 Å². The Labute approximate surface area is 198 Å². The van der Waals surface area contributed by atoms with Crippen molar-refractivity contribution in [1.29, 1.82) is 0 Å². The number of hydrogen-bond acceptors (Lipinski definition) is 4. The summed E-state index contributed by atoms with van der Waals surface area (Å²) in [5, 5.41) is 3.44. The number of rotatable bonds is 7. The lowest BCUT2D eigenvalue weighted by atomic mass is 9.75. The summed E-state index contributed by atoms with van der Waals surface area (Å²) in [5.41, 5.74) is 6.24. The average molecular weight is 457 g/mol. The van der Waals surface area contributed by atoms with Crippen LogP contribution in [0.2, 0.25) is 0 Å². The number of fused-ring (bicyclic) bond motifs is 1. The van der Waals surface area contributed by atoms with Gasteiger partial charge in [0.2, 0.25) is 0 Å². The molecule has 2 aliphatic rings. The summed E-state index contributed by atoms with van der Waals surface area (Å²) in [5.74, 6) is 2.66. The molecule has 0 spiro atoms. The van der Waals surface area contributed by atoms with Crippen molar-refractivity contribution in [1.82, 2.24) is 10.2 Å². The Morgan fingerprint density at radius 2 is 1.81 bits per heavy atom. The van der Waals surface area contributed by atoms with Crippen LogP contribution in [0.25, 0.3) is 0 Å². The van der Waals surface area contributed by atoms with Gasteiger partial charge >= 0.3 is 0 Å². The maximum absolute atomic E-state index is 6.48. The molecule has 0 radical (unpaired) electrons. The standard InChI is InChI=1S/C27H37ClN2O2/c1-19-20(2)25(31-17-22-8-6-5-7-9-22)21(3)26-24(19)15-27(4,18-32-26)14-23(16-28)30-12-10-29-11-13-30/h5-9,23,29H,10-18H2,1-4H3. The first-order chi connectivity index (χ1) is 15.4. The monoisotopic (exact) mass is 456 g/mol. The summed E-state index contributed by atoms with van der Waals surface area (Å²) < 4.78 is 12.8. The Hall–Kier alpha value is -1.75. The van der Waals surface area contributed by atoms with E-state index < -0.39 is 0 Å². The second kappa shape index (κ2) is 10.0. The molecule has 2 unspecified atom stereocenters. The van der Waals surface area contributed by atoms with Crippen molar-refractivity contribution in [3.8, 4) is 11.5 Å². The minimum atomic E-state index is 0.0769. The van der Waals surface area contributed by atoms with Crippen molar-refractivity contribution in [2.75, 3.05) is 38.7 Å². The average Bonchev–Trinajstić information content (AvgIpc) is 2.82. The Bertz CT molecular complexity index is 927. The van der Waals surface area contributed by atoms with Crippen molar-refractivity contribution in [2.24, 2.45) is 5.41 Å². The predicted molar refractivity (Wildman–Crippen MR) is 132 cm³/mol. The lowest BCUT2D eigenvalue weighted by Crippen LogP contribution is -2.51. The number of hydrogen-bond donors (Lipinski definition) is 1. The quantitative estimate of drug-likeness (QED) is 0.592. The topological polar surface area (TPSA) is 33.7 Å². The van der Waals surface area contributed by atoms with Gasteiger partial charge in [0.15, 0.2) is 0 Å².